The maximum absolute atomic E-state index is 10.1. The molecule has 3 aliphatic rings. The highest BCUT2D eigenvalue weighted by Gasteiger charge is 2.41. The zero-order chi connectivity index (χ0) is 31.0. The number of aliphatic hydroxyl groups is 1. The molecule has 7 heteroatoms. The minimum Gasteiger partial charge on any atom is -0.508 e. The lowest BCUT2D eigenvalue weighted by Gasteiger charge is -2.44. The predicted octanol–water partition coefficient (Wildman–Crippen LogP) is 6.89. The van der Waals surface area contributed by atoms with Crippen LogP contribution in [0.15, 0.2) is 127 Å². The standard InChI is InChI=1S/C24H23NO2.C9H10O2.C6H7N.H2O/c26-22-11-5-1-7-16(22)13-14-21-19-15-17-8-2-6-12-23(17)27-24(19)18-9-3-4-10-20(18)25-21;10-9-6-5-7-3-1-2-4-8(7)11-9;7-6-4-2-1-3-5-6;/h1-12,19,21,24-26H,13-15H2;1-4,9-10H,5-6H2;1-5H,7H2;1H2. The number of nitrogen functional groups attached to an aromatic ring is 1. The highest BCUT2D eigenvalue weighted by atomic mass is 16.6. The van der Waals surface area contributed by atoms with Crippen molar-refractivity contribution in [3.63, 3.8) is 0 Å². The van der Waals surface area contributed by atoms with Crippen molar-refractivity contribution in [1.29, 1.82) is 0 Å². The van der Waals surface area contributed by atoms with Crippen molar-refractivity contribution in [1.82, 2.24) is 0 Å². The van der Waals surface area contributed by atoms with Crippen LogP contribution in [0.4, 0.5) is 11.4 Å². The molecule has 5 aromatic carbocycles. The number of benzene rings is 5. The number of phenolic OH excluding ortho intramolecular Hbond substituents is 1. The van der Waals surface area contributed by atoms with Crippen molar-refractivity contribution in [2.24, 2.45) is 5.92 Å². The van der Waals surface area contributed by atoms with Crippen LogP contribution in [-0.4, -0.2) is 28.0 Å². The van der Waals surface area contributed by atoms with E-state index in [1.165, 1.54) is 22.4 Å². The van der Waals surface area contributed by atoms with Gasteiger partial charge in [0.15, 0.2) is 6.29 Å². The van der Waals surface area contributed by atoms with E-state index < -0.39 is 6.29 Å². The molecule has 0 bridgehead atoms. The molecular formula is C39H42N2O5. The molecular weight excluding hydrogens is 576 g/mol. The second kappa shape index (κ2) is 15.3. The number of fused-ring (bicyclic) bond motifs is 5. The molecule has 0 saturated carbocycles. The summed E-state index contributed by atoms with van der Waals surface area (Å²) in [6.45, 7) is 0. The molecule has 0 aliphatic carbocycles. The summed E-state index contributed by atoms with van der Waals surface area (Å²) in [5.74, 6) is 2.59. The van der Waals surface area contributed by atoms with Crippen LogP contribution in [0.3, 0.4) is 0 Å². The molecule has 46 heavy (non-hydrogen) atoms. The van der Waals surface area contributed by atoms with Crippen molar-refractivity contribution in [3.8, 4) is 17.2 Å². The first-order valence-electron chi connectivity index (χ1n) is 15.6. The quantitative estimate of drug-likeness (QED) is 0.163. The van der Waals surface area contributed by atoms with E-state index >= 15 is 0 Å². The molecule has 4 atom stereocenters. The summed E-state index contributed by atoms with van der Waals surface area (Å²) in [6.07, 6.45) is 3.90. The number of ether oxygens (including phenoxy) is 2. The lowest BCUT2D eigenvalue weighted by molar-refractivity contribution is -0.0316. The number of para-hydroxylation sites is 5. The molecule has 4 unspecified atom stereocenters. The normalized spacial score (nSPS) is 19.8. The van der Waals surface area contributed by atoms with Crippen LogP contribution < -0.4 is 20.5 Å². The number of anilines is 2. The Bertz CT molecular complexity index is 1700. The van der Waals surface area contributed by atoms with E-state index in [9.17, 15) is 5.11 Å². The van der Waals surface area contributed by atoms with Gasteiger partial charge in [0.25, 0.3) is 0 Å². The van der Waals surface area contributed by atoms with Crippen LogP contribution in [0.1, 0.15) is 41.2 Å². The maximum atomic E-state index is 10.1. The van der Waals surface area contributed by atoms with Crippen molar-refractivity contribution in [2.75, 3.05) is 11.1 Å². The summed E-state index contributed by atoms with van der Waals surface area (Å²) in [5.41, 5.74) is 12.1. The second-order valence-electron chi connectivity index (χ2n) is 11.6. The van der Waals surface area contributed by atoms with Gasteiger partial charge >= 0.3 is 0 Å². The van der Waals surface area contributed by atoms with Gasteiger partial charge in [-0.25, -0.2) is 0 Å². The number of rotatable bonds is 3. The molecule has 0 radical (unpaired) electrons. The number of nitrogens with one attached hydrogen (secondary N) is 1. The number of aromatic hydroxyl groups is 1. The zero-order valence-electron chi connectivity index (χ0n) is 25.8. The highest BCUT2D eigenvalue weighted by molar-refractivity contribution is 5.57. The summed E-state index contributed by atoms with van der Waals surface area (Å²) < 4.78 is 11.7. The summed E-state index contributed by atoms with van der Waals surface area (Å²) in [6, 6.07) is 42.1. The molecule has 5 aromatic rings. The van der Waals surface area contributed by atoms with E-state index in [4.69, 9.17) is 20.3 Å². The van der Waals surface area contributed by atoms with Gasteiger partial charge in [-0.3, -0.25) is 0 Å². The Morgan fingerprint density at radius 1 is 0.717 bits per heavy atom. The Kier molecular flexibility index (Phi) is 10.8. The van der Waals surface area contributed by atoms with Crippen molar-refractivity contribution in [2.45, 2.75) is 50.5 Å². The average Bonchev–Trinajstić information content (AvgIpc) is 3.08. The van der Waals surface area contributed by atoms with E-state index in [1.54, 1.807) is 6.07 Å². The predicted molar refractivity (Wildman–Crippen MR) is 183 cm³/mol. The molecule has 0 aromatic heterocycles. The maximum Gasteiger partial charge on any atom is 0.197 e. The SMILES string of the molecule is Nc1ccccc1.O.OC1CCc2ccccc2O1.Oc1ccccc1CCC1Nc2ccccc2C2Oc3ccccc3CC12. The fourth-order valence-corrected chi connectivity index (χ4v) is 6.29. The summed E-state index contributed by atoms with van der Waals surface area (Å²) in [5, 5.41) is 23.0. The van der Waals surface area contributed by atoms with Crippen molar-refractivity contribution in [3.05, 3.63) is 150 Å². The number of aliphatic hydroxyl groups excluding tert-OH is 1. The first kappa shape index (κ1) is 32.4. The Morgan fingerprint density at radius 3 is 2.09 bits per heavy atom. The molecule has 0 fully saturated rings. The van der Waals surface area contributed by atoms with Crippen LogP contribution in [0.25, 0.3) is 0 Å². The van der Waals surface area contributed by atoms with Gasteiger partial charge in [-0.05, 0) is 78.8 Å². The Morgan fingerprint density at radius 2 is 1.35 bits per heavy atom. The fraction of sp³-hybridized carbons (Fsp3) is 0.231. The minimum atomic E-state index is -0.607. The van der Waals surface area contributed by atoms with E-state index in [-0.39, 0.29) is 11.6 Å². The van der Waals surface area contributed by atoms with E-state index in [0.717, 1.165) is 48.4 Å². The molecule has 238 valence electrons. The molecule has 7 N–H and O–H groups in total. The lowest BCUT2D eigenvalue weighted by Crippen LogP contribution is -2.43. The summed E-state index contributed by atoms with van der Waals surface area (Å²) in [7, 11) is 0. The van der Waals surface area contributed by atoms with Gasteiger partial charge < -0.3 is 36.2 Å². The molecule has 0 saturated heterocycles. The average molecular weight is 619 g/mol. The molecule has 0 amide bonds. The lowest BCUT2D eigenvalue weighted by atomic mass is 9.77. The Balaban J connectivity index is 0.000000179. The van der Waals surface area contributed by atoms with Crippen LogP contribution >= 0.6 is 0 Å². The van der Waals surface area contributed by atoms with E-state index in [2.05, 4.69) is 47.8 Å². The monoisotopic (exact) mass is 618 g/mol. The van der Waals surface area contributed by atoms with Gasteiger partial charge in [-0.1, -0.05) is 91.0 Å². The molecule has 8 rings (SSSR count). The van der Waals surface area contributed by atoms with Gasteiger partial charge in [0.05, 0.1) is 0 Å². The van der Waals surface area contributed by atoms with Crippen LogP contribution in [0.2, 0.25) is 0 Å². The summed E-state index contributed by atoms with van der Waals surface area (Å²) >= 11 is 0. The fourth-order valence-electron chi connectivity index (χ4n) is 6.29. The smallest absolute Gasteiger partial charge is 0.197 e. The third-order valence-corrected chi connectivity index (χ3v) is 8.61. The number of hydrogen-bond acceptors (Lipinski definition) is 6. The van der Waals surface area contributed by atoms with Crippen LogP contribution in [-0.2, 0) is 19.3 Å². The van der Waals surface area contributed by atoms with Crippen molar-refractivity contribution >= 4 is 11.4 Å². The summed E-state index contributed by atoms with van der Waals surface area (Å²) in [4.78, 5) is 0. The van der Waals surface area contributed by atoms with Gasteiger partial charge in [0.1, 0.15) is 23.4 Å². The van der Waals surface area contributed by atoms with Crippen molar-refractivity contribution < 1.29 is 25.2 Å². The third-order valence-electron chi connectivity index (χ3n) is 8.61. The van der Waals surface area contributed by atoms with Gasteiger partial charge in [-0.15, -0.1) is 0 Å². The second-order valence-corrected chi connectivity index (χ2v) is 11.6. The first-order valence-corrected chi connectivity index (χ1v) is 15.6. The number of phenols is 1. The highest BCUT2D eigenvalue weighted by Crippen LogP contribution is 2.46. The topological polar surface area (TPSA) is 128 Å². The number of nitrogens with two attached hydrogens (primary N) is 1. The molecule has 3 aliphatic heterocycles. The van der Waals surface area contributed by atoms with Crippen LogP contribution in [0, 0.1) is 5.92 Å². The molecule has 7 nitrogen and oxygen atoms in total. The van der Waals surface area contributed by atoms with E-state index in [1.807, 2.05) is 78.9 Å². The largest absolute Gasteiger partial charge is 0.508 e. The zero-order valence-corrected chi connectivity index (χ0v) is 25.8. The third kappa shape index (κ3) is 7.80. The van der Waals surface area contributed by atoms with E-state index in [0.29, 0.717) is 24.1 Å². The number of hydrogen-bond donors (Lipinski definition) is 4. The van der Waals surface area contributed by atoms with Gasteiger partial charge in [0.2, 0.25) is 0 Å². The molecule has 3 heterocycles. The van der Waals surface area contributed by atoms with Crippen LogP contribution in [0.5, 0.6) is 17.2 Å². The first-order chi connectivity index (χ1) is 22.0. The number of aryl methyl sites for hydroxylation is 2. The van der Waals surface area contributed by atoms with Gasteiger partial charge in [-0.2, -0.15) is 0 Å². The van der Waals surface area contributed by atoms with Gasteiger partial charge in [0, 0.05) is 35.3 Å². The Hall–Kier alpha value is -4.98. The molecule has 0 spiro atoms. The Labute approximate surface area is 270 Å². The minimum absolute atomic E-state index is 0.